The standard InChI is InChI=1S/C14H19N3O2/c1-3-6-13(15)14(18)17(9-10-19-2)11-12-7-4-5-8-16-12/h1,4-5,7-8,13H,6,9-11,15H2,2H3. The third kappa shape index (κ3) is 5.08. The van der Waals surface area contributed by atoms with E-state index in [2.05, 4.69) is 10.9 Å². The molecule has 0 fully saturated rings. The fourth-order valence-electron chi connectivity index (χ4n) is 1.60. The molecule has 0 saturated heterocycles. The zero-order valence-electron chi connectivity index (χ0n) is 11.1. The first-order valence-corrected chi connectivity index (χ1v) is 6.05. The van der Waals surface area contributed by atoms with E-state index in [4.69, 9.17) is 16.9 Å². The van der Waals surface area contributed by atoms with Crippen molar-refractivity contribution in [3.8, 4) is 12.3 Å². The van der Waals surface area contributed by atoms with E-state index in [1.165, 1.54) is 0 Å². The van der Waals surface area contributed by atoms with Crippen LogP contribution in [-0.4, -0.2) is 42.1 Å². The van der Waals surface area contributed by atoms with E-state index in [0.717, 1.165) is 5.69 Å². The van der Waals surface area contributed by atoms with Crippen LogP contribution in [0.25, 0.3) is 0 Å². The number of carbonyl (C=O) groups is 1. The number of carbonyl (C=O) groups excluding carboxylic acids is 1. The van der Waals surface area contributed by atoms with Gasteiger partial charge in [0.15, 0.2) is 0 Å². The monoisotopic (exact) mass is 261 g/mol. The van der Waals surface area contributed by atoms with Crippen LogP contribution >= 0.6 is 0 Å². The van der Waals surface area contributed by atoms with Crippen LogP contribution in [0, 0.1) is 12.3 Å². The average molecular weight is 261 g/mol. The molecular weight excluding hydrogens is 242 g/mol. The molecule has 0 spiro atoms. The maximum atomic E-state index is 12.2. The van der Waals surface area contributed by atoms with Crippen molar-refractivity contribution in [3.63, 3.8) is 0 Å². The van der Waals surface area contributed by atoms with Crippen molar-refractivity contribution < 1.29 is 9.53 Å². The second-order valence-corrected chi connectivity index (χ2v) is 4.09. The Bertz CT molecular complexity index is 428. The van der Waals surface area contributed by atoms with Gasteiger partial charge in [0.1, 0.15) is 0 Å². The number of hydrogen-bond acceptors (Lipinski definition) is 4. The van der Waals surface area contributed by atoms with E-state index in [0.29, 0.717) is 19.7 Å². The molecule has 19 heavy (non-hydrogen) atoms. The van der Waals surface area contributed by atoms with E-state index >= 15 is 0 Å². The lowest BCUT2D eigenvalue weighted by atomic mass is 10.2. The molecule has 0 aliphatic rings. The molecule has 0 bridgehead atoms. The van der Waals surface area contributed by atoms with E-state index in [1.54, 1.807) is 18.2 Å². The van der Waals surface area contributed by atoms with Crippen LogP contribution in [0.2, 0.25) is 0 Å². The van der Waals surface area contributed by atoms with Crippen LogP contribution in [0.5, 0.6) is 0 Å². The van der Waals surface area contributed by atoms with Gasteiger partial charge in [-0.15, -0.1) is 12.3 Å². The molecule has 1 heterocycles. The number of ether oxygens (including phenoxy) is 1. The molecule has 0 aliphatic heterocycles. The predicted octanol–water partition coefficient (Wildman–Crippen LogP) is 0.407. The molecule has 2 N–H and O–H groups in total. The van der Waals surface area contributed by atoms with Crippen molar-refractivity contribution in [1.82, 2.24) is 9.88 Å². The minimum Gasteiger partial charge on any atom is -0.383 e. The van der Waals surface area contributed by atoms with Crippen molar-refractivity contribution >= 4 is 5.91 Å². The Morgan fingerprint density at radius 3 is 3.00 bits per heavy atom. The van der Waals surface area contributed by atoms with Crippen LogP contribution in [-0.2, 0) is 16.1 Å². The minimum absolute atomic E-state index is 0.180. The summed E-state index contributed by atoms with van der Waals surface area (Å²) < 4.78 is 5.00. The Labute approximate surface area is 113 Å². The molecule has 1 atom stereocenters. The van der Waals surface area contributed by atoms with Crippen LogP contribution in [0.3, 0.4) is 0 Å². The van der Waals surface area contributed by atoms with Crippen molar-refractivity contribution in [2.75, 3.05) is 20.3 Å². The molecule has 0 radical (unpaired) electrons. The first-order chi connectivity index (χ1) is 9.19. The second-order valence-electron chi connectivity index (χ2n) is 4.09. The highest BCUT2D eigenvalue weighted by molar-refractivity contribution is 5.81. The third-order valence-electron chi connectivity index (χ3n) is 2.61. The molecule has 102 valence electrons. The van der Waals surface area contributed by atoms with Crippen LogP contribution in [0.4, 0.5) is 0 Å². The van der Waals surface area contributed by atoms with Gasteiger partial charge in [0.05, 0.1) is 24.9 Å². The number of terminal acetylenes is 1. The quantitative estimate of drug-likeness (QED) is 0.722. The van der Waals surface area contributed by atoms with Crippen LogP contribution < -0.4 is 5.73 Å². The maximum Gasteiger partial charge on any atom is 0.240 e. The Kier molecular flexibility index (Phi) is 6.58. The van der Waals surface area contributed by atoms with Gasteiger partial charge in [-0.2, -0.15) is 0 Å². The van der Waals surface area contributed by atoms with Crippen molar-refractivity contribution in [1.29, 1.82) is 0 Å². The van der Waals surface area contributed by atoms with Gasteiger partial charge < -0.3 is 15.4 Å². The smallest absolute Gasteiger partial charge is 0.240 e. The van der Waals surface area contributed by atoms with Crippen LogP contribution in [0.15, 0.2) is 24.4 Å². The van der Waals surface area contributed by atoms with Crippen LogP contribution in [0.1, 0.15) is 12.1 Å². The Morgan fingerprint density at radius 2 is 2.42 bits per heavy atom. The summed E-state index contributed by atoms with van der Waals surface area (Å²) in [5, 5.41) is 0. The molecule has 0 aliphatic carbocycles. The summed E-state index contributed by atoms with van der Waals surface area (Å²) in [6.07, 6.45) is 7.10. The zero-order valence-corrected chi connectivity index (χ0v) is 11.1. The van der Waals surface area contributed by atoms with Gasteiger partial charge in [-0.25, -0.2) is 0 Å². The first kappa shape index (κ1) is 15.2. The lowest BCUT2D eigenvalue weighted by molar-refractivity contribution is -0.133. The fraction of sp³-hybridized carbons (Fsp3) is 0.429. The summed E-state index contributed by atoms with van der Waals surface area (Å²) in [5.41, 5.74) is 6.56. The van der Waals surface area contributed by atoms with Gasteiger partial charge in [0, 0.05) is 26.3 Å². The largest absolute Gasteiger partial charge is 0.383 e. The predicted molar refractivity (Wildman–Crippen MR) is 73.0 cm³/mol. The summed E-state index contributed by atoms with van der Waals surface area (Å²) in [5.74, 6) is 2.22. The highest BCUT2D eigenvalue weighted by Gasteiger charge is 2.20. The number of methoxy groups -OCH3 is 1. The normalized spacial score (nSPS) is 11.6. The summed E-state index contributed by atoms with van der Waals surface area (Å²) in [6, 6.07) is 4.89. The number of hydrogen-bond donors (Lipinski definition) is 1. The third-order valence-corrected chi connectivity index (χ3v) is 2.61. The number of nitrogens with zero attached hydrogens (tertiary/aromatic N) is 2. The highest BCUT2D eigenvalue weighted by Crippen LogP contribution is 2.04. The van der Waals surface area contributed by atoms with Crippen molar-refractivity contribution in [2.45, 2.75) is 19.0 Å². The second kappa shape index (κ2) is 8.25. The molecule has 1 unspecified atom stereocenters. The van der Waals surface area contributed by atoms with E-state index in [-0.39, 0.29) is 12.3 Å². The van der Waals surface area contributed by atoms with Gasteiger partial charge in [-0.1, -0.05) is 6.07 Å². The van der Waals surface area contributed by atoms with E-state index < -0.39 is 6.04 Å². The summed E-state index contributed by atoms with van der Waals surface area (Å²) in [7, 11) is 1.59. The maximum absolute atomic E-state index is 12.2. The average Bonchev–Trinajstić information content (AvgIpc) is 2.44. The molecule has 0 aromatic carbocycles. The zero-order chi connectivity index (χ0) is 14.1. The number of pyridine rings is 1. The van der Waals surface area contributed by atoms with E-state index in [1.807, 2.05) is 18.2 Å². The van der Waals surface area contributed by atoms with Crippen molar-refractivity contribution in [3.05, 3.63) is 30.1 Å². The minimum atomic E-state index is -0.675. The molecule has 1 amide bonds. The van der Waals surface area contributed by atoms with Crippen molar-refractivity contribution in [2.24, 2.45) is 5.73 Å². The Morgan fingerprint density at radius 1 is 1.63 bits per heavy atom. The summed E-state index contributed by atoms with van der Waals surface area (Å²) in [6.45, 7) is 1.31. The SMILES string of the molecule is C#CCC(N)C(=O)N(CCOC)Cc1ccccn1. The topological polar surface area (TPSA) is 68.5 Å². The number of amides is 1. The summed E-state index contributed by atoms with van der Waals surface area (Å²) in [4.78, 5) is 18.0. The summed E-state index contributed by atoms with van der Waals surface area (Å²) >= 11 is 0. The van der Waals surface area contributed by atoms with Gasteiger partial charge in [0.2, 0.25) is 5.91 Å². The molecule has 5 heteroatoms. The number of nitrogens with two attached hydrogens (primary N) is 1. The highest BCUT2D eigenvalue weighted by atomic mass is 16.5. The van der Waals surface area contributed by atoms with Gasteiger partial charge >= 0.3 is 0 Å². The lowest BCUT2D eigenvalue weighted by Crippen LogP contribution is -2.44. The number of rotatable bonds is 7. The number of aromatic nitrogens is 1. The molecular formula is C14H19N3O2. The Hall–Kier alpha value is -1.90. The van der Waals surface area contributed by atoms with E-state index in [9.17, 15) is 4.79 Å². The Balaban J connectivity index is 2.71. The van der Waals surface area contributed by atoms with Gasteiger partial charge in [-0.05, 0) is 12.1 Å². The van der Waals surface area contributed by atoms with Gasteiger partial charge in [-0.3, -0.25) is 9.78 Å². The van der Waals surface area contributed by atoms with Gasteiger partial charge in [0.25, 0.3) is 0 Å². The molecule has 5 nitrogen and oxygen atoms in total. The molecule has 1 aromatic rings. The first-order valence-electron chi connectivity index (χ1n) is 6.05. The molecule has 1 aromatic heterocycles. The fourth-order valence-corrected chi connectivity index (χ4v) is 1.60. The molecule has 1 rings (SSSR count). The lowest BCUT2D eigenvalue weighted by Gasteiger charge is -2.24. The molecule has 0 saturated carbocycles.